The number of hydrogen-bond acceptors (Lipinski definition) is 2. The van der Waals surface area contributed by atoms with Crippen molar-refractivity contribution in [2.75, 3.05) is 6.54 Å². The van der Waals surface area contributed by atoms with E-state index >= 15 is 0 Å². The Balaban J connectivity index is 1.32. The second-order valence-corrected chi connectivity index (χ2v) is 10.5. The lowest BCUT2D eigenvalue weighted by atomic mass is 9.49. The zero-order valence-corrected chi connectivity index (χ0v) is 17.3. The molecule has 5 aliphatic carbocycles. The third kappa shape index (κ3) is 3.47. The highest BCUT2D eigenvalue weighted by molar-refractivity contribution is 6.32. The first-order valence-electron chi connectivity index (χ1n) is 10.8. The second kappa shape index (κ2) is 6.63. The standard InChI is InChI=1S/C21H27ClF3N3O/c1-11(28-17(15-2-3-15)16(22)18(27-28)21(23,24)25)19(29)26-10-20-7-12-4-13(8-20)6-14(5-12)9-20/h11-15H,2-10H2,1H3,(H,26,29). The summed E-state index contributed by atoms with van der Waals surface area (Å²) in [5.74, 6) is 2.06. The van der Waals surface area contributed by atoms with Crippen LogP contribution in [-0.2, 0) is 11.0 Å². The zero-order valence-electron chi connectivity index (χ0n) is 16.6. The Morgan fingerprint density at radius 1 is 1.21 bits per heavy atom. The molecule has 1 N–H and O–H groups in total. The fraction of sp³-hybridized carbons (Fsp3) is 0.810. The van der Waals surface area contributed by atoms with E-state index in [0.717, 1.165) is 30.6 Å². The van der Waals surface area contributed by atoms with Crippen LogP contribution in [0, 0.1) is 23.2 Å². The average Bonchev–Trinajstić information content (AvgIpc) is 3.39. The van der Waals surface area contributed by atoms with Gasteiger partial charge in [0.25, 0.3) is 0 Å². The van der Waals surface area contributed by atoms with Gasteiger partial charge in [0.1, 0.15) is 6.04 Å². The molecule has 0 aromatic carbocycles. The van der Waals surface area contributed by atoms with Crippen LogP contribution in [0.1, 0.15) is 81.6 Å². The molecule has 0 radical (unpaired) electrons. The molecule has 0 aliphatic heterocycles. The Morgan fingerprint density at radius 2 is 1.76 bits per heavy atom. The third-order valence-corrected chi connectivity index (χ3v) is 8.04. The predicted molar refractivity (Wildman–Crippen MR) is 103 cm³/mol. The molecule has 160 valence electrons. The molecule has 0 saturated heterocycles. The molecule has 1 unspecified atom stereocenters. The lowest BCUT2D eigenvalue weighted by Gasteiger charge is -2.57. The van der Waals surface area contributed by atoms with Crippen molar-refractivity contribution in [1.82, 2.24) is 15.1 Å². The molecule has 1 aromatic heterocycles. The van der Waals surface area contributed by atoms with Gasteiger partial charge in [-0.05, 0) is 81.5 Å². The molecule has 5 saturated carbocycles. The summed E-state index contributed by atoms with van der Waals surface area (Å²) in [7, 11) is 0. The summed E-state index contributed by atoms with van der Waals surface area (Å²) < 4.78 is 41.1. The van der Waals surface area contributed by atoms with Gasteiger partial charge in [0.2, 0.25) is 5.91 Å². The fourth-order valence-electron chi connectivity index (χ4n) is 6.67. The van der Waals surface area contributed by atoms with Gasteiger partial charge in [-0.1, -0.05) is 11.6 Å². The van der Waals surface area contributed by atoms with Crippen LogP contribution in [0.25, 0.3) is 0 Å². The quantitative estimate of drug-likeness (QED) is 0.688. The zero-order chi connectivity index (χ0) is 20.6. The molecule has 1 atom stereocenters. The van der Waals surface area contributed by atoms with E-state index in [1.54, 1.807) is 6.92 Å². The highest BCUT2D eigenvalue weighted by atomic mass is 35.5. The van der Waals surface area contributed by atoms with Crippen LogP contribution in [0.3, 0.4) is 0 Å². The molecule has 6 rings (SSSR count). The van der Waals surface area contributed by atoms with Gasteiger partial charge in [0.15, 0.2) is 5.69 Å². The number of carbonyl (C=O) groups is 1. The Labute approximate surface area is 173 Å². The summed E-state index contributed by atoms with van der Waals surface area (Å²) in [5, 5.41) is 6.46. The highest BCUT2D eigenvalue weighted by Gasteiger charge is 2.51. The lowest BCUT2D eigenvalue weighted by molar-refractivity contribution is -0.142. The van der Waals surface area contributed by atoms with Gasteiger partial charge < -0.3 is 5.32 Å². The largest absolute Gasteiger partial charge is 0.436 e. The van der Waals surface area contributed by atoms with Gasteiger partial charge in [-0.2, -0.15) is 18.3 Å². The van der Waals surface area contributed by atoms with E-state index in [9.17, 15) is 18.0 Å². The molecule has 8 heteroatoms. The van der Waals surface area contributed by atoms with E-state index in [-0.39, 0.29) is 22.3 Å². The number of hydrogen-bond donors (Lipinski definition) is 1. The molecule has 4 bridgehead atoms. The van der Waals surface area contributed by atoms with Crippen LogP contribution in [-0.4, -0.2) is 22.2 Å². The predicted octanol–water partition coefficient (Wildman–Crippen LogP) is 5.33. The van der Waals surface area contributed by atoms with E-state index in [2.05, 4.69) is 10.4 Å². The SMILES string of the molecule is CC(C(=O)NCC12CC3CC(CC(C3)C1)C2)n1nc(C(F)(F)F)c(Cl)c1C1CC1. The maximum atomic E-state index is 13.3. The van der Waals surface area contributed by atoms with E-state index in [1.165, 1.54) is 43.2 Å². The maximum Gasteiger partial charge on any atom is 0.436 e. The van der Waals surface area contributed by atoms with E-state index < -0.39 is 17.9 Å². The number of rotatable bonds is 5. The fourth-order valence-corrected chi connectivity index (χ4v) is 7.05. The number of nitrogens with one attached hydrogen (secondary N) is 1. The first-order valence-corrected chi connectivity index (χ1v) is 11.2. The number of halogens is 4. The van der Waals surface area contributed by atoms with Gasteiger partial charge in [-0.25, -0.2) is 0 Å². The minimum atomic E-state index is -4.62. The first-order chi connectivity index (χ1) is 13.7. The molecular formula is C21H27ClF3N3O. The summed E-state index contributed by atoms with van der Waals surface area (Å²) in [4.78, 5) is 12.9. The molecular weight excluding hydrogens is 403 g/mol. The van der Waals surface area contributed by atoms with Gasteiger partial charge >= 0.3 is 6.18 Å². The minimum Gasteiger partial charge on any atom is -0.354 e. The molecule has 0 spiro atoms. The number of aromatic nitrogens is 2. The highest BCUT2D eigenvalue weighted by Crippen LogP contribution is 2.59. The number of nitrogens with zero attached hydrogens (tertiary/aromatic N) is 2. The van der Waals surface area contributed by atoms with Crippen LogP contribution in [0.4, 0.5) is 13.2 Å². The van der Waals surface area contributed by atoms with Gasteiger partial charge in [0, 0.05) is 12.5 Å². The summed E-state index contributed by atoms with van der Waals surface area (Å²) in [6, 6.07) is -0.812. The van der Waals surface area contributed by atoms with Crippen molar-refractivity contribution in [3.63, 3.8) is 0 Å². The van der Waals surface area contributed by atoms with Crippen LogP contribution >= 0.6 is 11.6 Å². The second-order valence-electron chi connectivity index (χ2n) is 10.1. The minimum absolute atomic E-state index is 0.0375. The molecule has 29 heavy (non-hydrogen) atoms. The van der Waals surface area contributed by atoms with Crippen molar-refractivity contribution in [3.05, 3.63) is 16.4 Å². The molecule has 1 amide bonds. The van der Waals surface area contributed by atoms with E-state index in [4.69, 9.17) is 11.6 Å². The molecule has 1 heterocycles. The molecule has 4 nitrogen and oxygen atoms in total. The smallest absolute Gasteiger partial charge is 0.354 e. The van der Waals surface area contributed by atoms with Crippen LogP contribution in [0.15, 0.2) is 0 Å². The summed E-state index contributed by atoms with van der Waals surface area (Å²) in [5.41, 5.74) is -0.541. The first kappa shape index (κ1) is 19.7. The van der Waals surface area contributed by atoms with Gasteiger partial charge in [-0.3, -0.25) is 9.48 Å². The van der Waals surface area contributed by atoms with Crippen molar-refractivity contribution < 1.29 is 18.0 Å². The number of carbonyl (C=O) groups excluding carboxylic acids is 1. The van der Waals surface area contributed by atoms with E-state index in [0.29, 0.717) is 12.2 Å². The summed E-state index contributed by atoms with van der Waals surface area (Å²) in [6.45, 7) is 2.24. The van der Waals surface area contributed by atoms with Gasteiger partial charge in [-0.15, -0.1) is 0 Å². The summed E-state index contributed by atoms with van der Waals surface area (Å²) in [6.07, 6.45) is 4.46. The van der Waals surface area contributed by atoms with Crippen molar-refractivity contribution in [2.45, 2.75) is 76.4 Å². The molecule has 1 aromatic rings. The molecule has 5 aliphatic rings. The Kier molecular flexibility index (Phi) is 4.50. The van der Waals surface area contributed by atoms with Gasteiger partial charge in [0.05, 0.1) is 10.7 Å². The van der Waals surface area contributed by atoms with Crippen molar-refractivity contribution in [3.8, 4) is 0 Å². The monoisotopic (exact) mass is 429 g/mol. The number of alkyl halides is 3. The van der Waals surface area contributed by atoms with Crippen molar-refractivity contribution in [2.24, 2.45) is 23.2 Å². The van der Waals surface area contributed by atoms with Crippen molar-refractivity contribution >= 4 is 17.5 Å². The van der Waals surface area contributed by atoms with Crippen LogP contribution in [0.2, 0.25) is 5.02 Å². The summed E-state index contributed by atoms with van der Waals surface area (Å²) >= 11 is 6.05. The Bertz CT molecular complexity index is 795. The average molecular weight is 430 g/mol. The normalized spacial score (nSPS) is 34.4. The Morgan fingerprint density at radius 3 is 2.24 bits per heavy atom. The lowest BCUT2D eigenvalue weighted by Crippen LogP contribution is -2.51. The number of amides is 1. The third-order valence-electron chi connectivity index (χ3n) is 7.67. The Hall–Kier alpha value is -1.24. The maximum absolute atomic E-state index is 13.3. The van der Waals surface area contributed by atoms with Crippen LogP contribution < -0.4 is 5.32 Å². The van der Waals surface area contributed by atoms with Crippen molar-refractivity contribution in [1.29, 1.82) is 0 Å². The van der Waals surface area contributed by atoms with E-state index in [1.807, 2.05) is 0 Å². The topological polar surface area (TPSA) is 46.9 Å². The molecule has 5 fully saturated rings. The van der Waals surface area contributed by atoms with Crippen LogP contribution in [0.5, 0.6) is 0 Å².